The van der Waals surface area contributed by atoms with Crippen LogP contribution in [0.4, 0.5) is 17.1 Å². The molecule has 11 aromatic rings. The van der Waals surface area contributed by atoms with Crippen molar-refractivity contribution in [2.75, 3.05) is 4.90 Å². The minimum absolute atomic E-state index is 0.896. The van der Waals surface area contributed by atoms with Crippen LogP contribution in [0.3, 0.4) is 0 Å². The first-order chi connectivity index (χ1) is 27.8. The van der Waals surface area contributed by atoms with Crippen molar-refractivity contribution >= 4 is 71.3 Å². The lowest BCUT2D eigenvalue weighted by Gasteiger charge is -2.26. The van der Waals surface area contributed by atoms with Crippen molar-refractivity contribution < 1.29 is 4.42 Å². The average molecular weight is 714 g/mol. The largest absolute Gasteiger partial charge is 0.456 e. The summed E-state index contributed by atoms with van der Waals surface area (Å²) in [5, 5.41) is 9.90. The summed E-state index contributed by atoms with van der Waals surface area (Å²) in [7, 11) is 0. The molecule has 1 aromatic heterocycles. The van der Waals surface area contributed by atoms with E-state index in [9.17, 15) is 0 Å². The molecule has 2 nitrogen and oxygen atoms in total. The zero-order valence-corrected chi connectivity index (χ0v) is 30.6. The third kappa shape index (κ3) is 5.34. The van der Waals surface area contributed by atoms with Crippen LogP contribution >= 0.6 is 0 Å². The van der Waals surface area contributed by atoms with Gasteiger partial charge in [-0.2, -0.15) is 0 Å². The number of anilines is 3. The Balaban J connectivity index is 1.05. The fraction of sp³-hybridized carbons (Fsp3) is 0. The van der Waals surface area contributed by atoms with Crippen LogP contribution < -0.4 is 4.90 Å². The molecule has 1 heterocycles. The van der Waals surface area contributed by atoms with E-state index in [0.29, 0.717) is 0 Å². The molecular formula is C54H35NO. The van der Waals surface area contributed by atoms with Gasteiger partial charge in [-0.1, -0.05) is 158 Å². The Morgan fingerprint density at radius 2 is 0.875 bits per heavy atom. The zero-order chi connectivity index (χ0) is 37.0. The first-order valence-electron chi connectivity index (χ1n) is 19.2. The van der Waals surface area contributed by atoms with Gasteiger partial charge in [-0.3, -0.25) is 0 Å². The van der Waals surface area contributed by atoms with E-state index in [1.165, 1.54) is 54.6 Å². The highest BCUT2D eigenvalue weighted by atomic mass is 16.3. The van der Waals surface area contributed by atoms with Crippen molar-refractivity contribution in [1.82, 2.24) is 0 Å². The standard InChI is InChI=1S/C54H35NO/c1-2-12-36(13-3-1)37-26-30-42(31-27-37)55(44-16-10-15-40(34-44)46-21-11-23-52-54(46)49-20-8-9-22-51(49)56-52)43-32-28-39(29-33-43)50-35-41-25-24-38-14-4-5-17-45(38)53(41)48-19-7-6-18-47(48)50/h1-35H. The number of rotatable bonds is 6. The summed E-state index contributed by atoms with van der Waals surface area (Å²) in [5.41, 5.74) is 12.1. The monoisotopic (exact) mass is 713 g/mol. The van der Waals surface area contributed by atoms with Gasteiger partial charge in [0, 0.05) is 27.8 Å². The van der Waals surface area contributed by atoms with Gasteiger partial charge in [-0.15, -0.1) is 0 Å². The Labute approximate surface area is 325 Å². The van der Waals surface area contributed by atoms with Gasteiger partial charge in [-0.25, -0.2) is 0 Å². The number of hydrogen-bond acceptors (Lipinski definition) is 2. The van der Waals surface area contributed by atoms with E-state index in [-0.39, 0.29) is 0 Å². The number of para-hydroxylation sites is 1. The fourth-order valence-electron chi connectivity index (χ4n) is 8.62. The molecule has 0 atom stereocenters. The zero-order valence-electron chi connectivity index (χ0n) is 30.6. The smallest absolute Gasteiger partial charge is 0.136 e. The molecule has 0 N–H and O–H groups in total. The van der Waals surface area contributed by atoms with Gasteiger partial charge >= 0.3 is 0 Å². The molecule has 0 radical (unpaired) electrons. The number of nitrogens with zero attached hydrogens (tertiary/aromatic N) is 1. The number of benzene rings is 10. The van der Waals surface area contributed by atoms with Gasteiger partial charge in [-0.05, 0) is 120 Å². The highest BCUT2D eigenvalue weighted by Gasteiger charge is 2.18. The topological polar surface area (TPSA) is 16.4 Å². The molecule has 56 heavy (non-hydrogen) atoms. The van der Waals surface area contributed by atoms with Gasteiger partial charge in [0.2, 0.25) is 0 Å². The number of fused-ring (bicyclic) bond motifs is 8. The molecule has 0 saturated heterocycles. The maximum atomic E-state index is 6.29. The van der Waals surface area contributed by atoms with Crippen molar-refractivity contribution in [3.8, 4) is 33.4 Å². The maximum Gasteiger partial charge on any atom is 0.136 e. The molecule has 0 saturated carbocycles. The van der Waals surface area contributed by atoms with Crippen LogP contribution in [-0.4, -0.2) is 0 Å². The van der Waals surface area contributed by atoms with Crippen LogP contribution in [0.2, 0.25) is 0 Å². The van der Waals surface area contributed by atoms with Crippen molar-refractivity contribution in [1.29, 1.82) is 0 Å². The highest BCUT2D eigenvalue weighted by molar-refractivity contribution is 6.23. The molecule has 11 rings (SSSR count). The van der Waals surface area contributed by atoms with E-state index in [1.54, 1.807) is 0 Å². The first kappa shape index (κ1) is 32.0. The molecule has 0 aliphatic rings. The Hall–Kier alpha value is -7.42. The van der Waals surface area contributed by atoms with Crippen LogP contribution in [0, 0.1) is 0 Å². The Morgan fingerprint density at radius 3 is 1.68 bits per heavy atom. The lowest BCUT2D eigenvalue weighted by Crippen LogP contribution is -2.10. The maximum absolute atomic E-state index is 6.29. The quantitative estimate of drug-likeness (QED) is 0.160. The van der Waals surface area contributed by atoms with Crippen LogP contribution in [0.5, 0.6) is 0 Å². The average Bonchev–Trinajstić information content (AvgIpc) is 3.66. The highest BCUT2D eigenvalue weighted by Crippen LogP contribution is 2.43. The SMILES string of the molecule is c1ccc(-c2ccc(N(c3ccc(-c4cc5ccc6ccccc6c5c5ccccc45)cc3)c3cccc(-c4cccc5oc6ccccc6c45)c3)cc2)cc1. The second kappa shape index (κ2) is 13.2. The molecule has 0 bridgehead atoms. The van der Waals surface area contributed by atoms with E-state index < -0.39 is 0 Å². The van der Waals surface area contributed by atoms with Crippen LogP contribution in [-0.2, 0) is 0 Å². The molecule has 0 amide bonds. The lowest BCUT2D eigenvalue weighted by atomic mass is 9.90. The fourth-order valence-corrected chi connectivity index (χ4v) is 8.62. The normalized spacial score (nSPS) is 11.6. The number of hydrogen-bond donors (Lipinski definition) is 0. The summed E-state index contributed by atoms with van der Waals surface area (Å²) < 4.78 is 6.29. The van der Waals surface area contributed by atoms with Gasteiger partial charge in [0.1, 0.15) is 11.2 Å². The molecule has 10 aromatic carbocycles. The summed E-state index contributed by atoms with van der Waals surface area (Å²) in [4.78, 5) is 2.36. The minimum atomic E-state index is 0.896. The van der Waals surface area contributed by atoms with Crippen LogP contribution in [0.1, 0.15) is 0 Å². The summed E-state index contributed by atoms with van der Waals surface area (Å²) in [5.74, 6) is 0. The van der Waals surface area contributed by atoms with E-state index in [2.05, 4.69) is 205 Å². The Morgan fingerprint density at radius 1 is 0.286 bits per heavy atom. The summed E-state index contributed by atoms with van der Waals surface area (Å²) in [6.07, 6.45) is 0. The van der Waals surface area contributed by atoms with Gasteiger partial charge in [0.05, 0.1) is 0 Å². The van der Waals surface area contributed by atoms with E-state index >= 15 is 0 Å². The Bertz CT molecular complexity index is 3230. The first-order valence-corrected chi connectivity index (χ1v) is 19.2. The molecule has 262 valence electrons. The predicted molar refractivity (Wildman–Crippen MR) is 237 cm³/mol. The molecule has 0 spiro atoms. The van der Waals surface area contributed by atoms with Crippen molar-refractivity contribution in [3.63, 3.8) is 0 Å². The molecule has 0 aliphatic carbocycles. The van der Waals surface area contributed by atoms with Crippen LogP contribution in [0.25, 0.3) is 87.6 Å². The summed E-state index contributed by atoms with van der Waals surface area (Å²) >= 11 is 0. The minimum Gasteiger partial charge on any atom is -0.456 e. The molecule has 0 fully saturated rings. The lowest BCUT2D eigenvalue weighted by molar-refractivity contribution is 0.669. The van der Waals surface area contributed by atoms with E-state index in [0.717, 1.165) is 50.1 Å². The third-order valence-electron chi connectivity index (χ3n) is 11.2. The number of furan rings is 1. The van der Waals surface area contributed by atoms with Gasteiger partial charge < -0.3 is 9.32 Å². The second-order valence-electron chi connectivity index (χ2n) is 14.5. The van der Waals surface area contributed by atoms with Gasteiger partial charge in [0.25, 0.3) is 0 Å². The van der Waals surface area contributed by atoms with E-state index in [1.807, 2.05) is 12.1 Å². The summed E-state index contributed by atoms with van der Waals surface area (Å²) in [6.45, 7) is 0. The second-order valence-corrected chi connectivity index (χ2v) is 14.5. The predicted octanol–water partition coefficient (Wildman–Crippen LogP) is 15.5. The van der Waals surface area contributed by atoms with Crippen LogP contribution in [0.15, 0.2) is 217 Å². The van der Waals surface area contributed by atoms with E-state index in [4.69, 9.17) is 4.42 Å². The van der Waals surface area contributed by atoms with Gasteiger partial charge in [0.15, 0.2) is 0 Å². The van der Waals surface area contributed by atoms with Crippen molar-refractivity contribution in [2.24, 2.45) is 0 Å². The molecular weight excluding hydrogens is 679 g/mol. The third-order valence-corrected chi connectivity index (χ3v) is 11.2. The molecule has 0 unspecified atom stereocenters. The molecule has 0 aliphatic heterocycles. The molecule has 2 heteroatoms. The Kier molecular flexibility index (Phi) is 7.53. The van der Waals surface area contributed by atoms with Crippen molar-refractivity contribution in [3.05, 3.63) is 212 Å². The summed E-state index contributed by atoms with van der Waals surface area (Å²) in [6, 6.07) is 76.5. The van der Waals surface area contributed by atoms with Crippen molar-refractivity contribution in [2.45, 2.75) is 0 Å².